The maximum Gasteiger partial charge on any atom is 0.240 e. The van der Waals surface area contributed by atoms with E-state index in [0.717, 1.165) is 22.3 Å². The van der Waals surface area contributed by atoms with Crippen LogP contribution in [0.2, 0.25) is 10.0 Å². The Balaban J connectivity index is 1.62. The van der Waals surface area contributed by atoms with Crippen molar-refractivity contribution < 1.29 is 14.6 Å². The van der Waals surface area contributed by atoms with Crippen molar-refractivity contribution in [3.05, 3.63) is 92.5 Å². The zero-order valence-electron chi connectivity index (χ0n) is 22.9. The summed E-state index contributed by atoms with van der Waals surface area (Å²) in [5, 5.41) is 15.7. The lowest BCUT2D eigenvalue weighted by Crippen LogP contribution is -2.20. The summed E-state index contributed by atoms with van der Waals surface area (Å²) in [5.41, 5.74) is 6.51. The van der Waals surface area contributed by atoms with Crippen molar-refractivity contribution in [2.45, 2.75) is 71.8 Å². The number of hydrogen-bond acceptors (Lipinski definition) is 4. The summed E-state index contributed by atoms with van der Waals surface area (Å²) >= 11 is 12.8. The largest absolute Gasteiger partial charge is 0.507 e. The molecule has 7 heteroatoms. The Morgan fingerprint density at radius 3 is 2.00 bits per heavy atom. The van der Waals surface area contributed by atoms with Gasteiger partial charge in [-0.15, -0.1) is 0 Å². The molecule has 3 rings (SSSR count). The SMILES string of the molecule is CC(C)(C)c1cc(CCC(=O)N/N=C\c2cc(Cl)c(OCc3ccccc3)c(Cl)c2)cc(C(C)(C)C)c1O. The number of ether oxygens (including phenoxy) is 1. The van der Waals surface area contributed by atoms with E-state index in [9.17, 15) is 9.90 Å². The van der Waals surface area contributed by atoms with Crippen LogP contribution in [0.4, 0.5) is 0 Å². The van der Waals surface area contributed by atoms with Gasteiger partial charge in [0.25, 0.3) is 0 Å². The number of nitrogens with one attached hydrogen (secondary N) is 1. The van der Waals surface area contributed by atoms with Crippen molar-refractivity contribution in [3.63, 3.8) is 0 Å². The standard InChI is InChI=1S/C31H36Cl2N2O3/c1-30(2,3)23-14-21(15-24(28(23)37)31(4,5)6)12-13-27(36)35-34-18-22-16-25(32)29(26(33)17-22)38-19-20-10-8-7-9-11-20/h7-11,14-18,37H,12-13,19H2,1-6H3,(H,35,36)/b34-18-. The molecule has 0 heterocycles. The van der Waals surface area contributed by atoms with Gasteiger partial charge < -0.3 is 9.84 Å². The van der Waals surface area contributed by atoms with Gasteiger partial charge in [0.05, 0.1) is 16.3 Å². The second kappa shape index (κ2) is 12.2. The number of aryl methyl sites for hydroxylation is 1. The number of carbonyl (C=O) groups excluding carboxylic acids is 1. The van der Waals surface area contributed by atoms with Gasteiger partial charge in [-0.25, -0.2) is 5.43 Å². The van der Waals surface area contributed by atoms with Crippen LogP contribution in [0, 0.1) is 0 Å². The number of phenols is 1. The molecule has 38 heavy (non-hydrogen) atoms. The van der Waals surface area contributed by atoms with Crippen molar-refractivity contribution in [2.75, 3.05) is 0 Å². The zero-order valence-corrected chi connectivity index (χ0v) is 24.4. The summed E-state index contributed by atoms with van der Waals surface area (Å²) < 4.78 is 5.80. The van der Waals surface area contributed by atoms with Gasteiger partial charge in [-0.3, -0.25) is 4.79 Å². The molecule has 0 aromatic heterocycles. The van der Waals surface area contributed by atoms with E-state index in [-0.39, 0.29) is 23.2 Å². The Labute approximate surface area is 235 Å². The van der Waals surface area contributed by atoms with E-state index in [1.165, 1.54) is 6.21 Å². The predicted octanol–water partition coefficient (Wildman–Crippen LogP) is 7.96. The number of rotatable bonds is 8. The quantitative estimate of drug-likeness (QED) is 0.219. The summed E-state index contributed by atoms with van der Waals surface area (Å²) in [4.78, 5) is 12.5. The molecule has 2 N–H and O–H groups in total. The average Bonchev–Trinajstić information content (AvgIpc) is 2.82. The van der Waals surface area contributed by atoms with Crippen LogP contribution in [0.3, 0.4) is 0 Å². The summed E-state index contributed by atoms with van der Waals surface area (Å²) in [6, 6.07) is 17.1. The van der Waals surface area contributed by atoms with E-state index in [2.05, 4.69) is 52.1 Å². The Kier molecular flexibility index (Phi) is 9.50. The Hall–Kier alpha value is -3.02. The molecule has 0 spiro atoms. The van der Waals surface area contributed by atoms with Crippen molar-refractivity contribution in [1.29, 1.82) is 0 Å². The molecular weight excluding hydrogens is 519 g/mol. The molecule has 5 nitrogen and oxygen atoms in total. The highest BCUT2D eigenvalue weighted by Crippen LogP contribution is 2.40. The fourth-order valence-electron chi connectivity index (χ4n) is 4.00. The third-order valence-electron chi connectivity index (χ3n) is 6.08. The van der Waals surface area contributed by atoms with E-state index >= 15 is 0 Å². The fourth-order valence-corrected chi connectivity index (χ4v) is 4.61. The van der Waals surface area contributed by atoms with Crippen LogP contribution in [-0.4, -0.2) is 17.2 Å². The highest BCUT2D eigenvalue weighted by molar-refractivity contribution is 6.37. The van der Waals surface area contributed by atoms with Gasteiger partial charge in [-0.1, -0.05) is 107 Å². The van der Waals surface area contributed by atoms with Gasteiger partial charge in [0.1, 0.15) is 12.4 Å². The Morgan fingerprint density at radius 2 is 1.47 bits per heavy atom. The first-order valence-corrected chi connectivity index (χ1v) is 13.4. The molecule has 0 saturated carbocycles. The highest BCUT2D eigenvalue weighted by atomic mass is 35.5. The van der Waals surface area contributed by atoms with Crippen LogP contribution in [0.1, 0.15) is 75.8 Å². The third kappa shape index (κ3) is 7.99. The molecule has 0 aliphatic heterocycles. The maximum absolute atomic E-state index is 12.5. The molecule has 202 valence electrons. The number of hydrazone groups is 1. The van der Waals surface area contributed by atoms with Gasteiger partial charge in [-0.05, 0) is 57.2 Å². The van der Waals surface area contributed by atoms with E-state index < -0.39 is 0 Å². The molecule has 0 fully saturated rings. The number of phenolic OH excluding ortho intramolecular Hbond substituents is 1. The van der Waals surface area contributed by atoms with Crippen molar-refractivity contribution in [1.82, 2.24) is 5.43 Å². The summed E-state index contributed by atoms with van der Waals surface area (Å²) in [6.07, 6.45) is 2.27. The number of halogens is 2. The van der Waals surface area contributed by atoms with Crippen LogP contribution < -0.4 is 10.2 Å². The molecule has 3 aromatic carbocycles. The molecule has 1 amide bonds. The lowest BCUT2D eigenvalue weighted by atomic mass is 9.78. The number of carbonyl (C=O) groups is 1. The predicted molar refractivity (Wildman–Crippen MR) is 157 cm³/mol. The van der Waals surface area contributed by atoms with Gasteiger partial charge in [-0.2, -0.15) is 5.10 Å². The van der Waals surface area contributed by atoms with Crippen molar-refractivity contribution in [3.8, 4) is 11.5 Å². The van der Waals surface area contributed by atoms with E-state index in [0.29, 0.717) is 40.1 Å². The fraction of sp³-hybridized carbons (Fsp3) is 0.355. The summed E-state index contributed by atoms with van der Waals surface area (Å²) in [6.45, 7) is 12.8. The average molecular weight is 556 g/mol. The molecule has 0 bridgehead atoms. The van der Waals surface area contributed by atoms with Gasteiger partial charge in [0.15, 0.2) is 5.75 Å². The molecule has 0 radical (unpaired) electrons. The second-order valence-corrected chi connectivity index (χ2v) is 12.2. The molecule has 3 aromatic rings. The smallest absolute Gasteiger partial charge is 0.240 e. The monoisotopic (exact) mass is 554 g/mol. The molecule has 0 aliphatic carbocycles. The minimum Gasteiger partial charge on any atom is -0.507 e. The van der Waals surface area contributed by atoms with Crippen LogP contribution in [0.15, 0.2) is 59.7 Å². The number of benzene rings is 3. The minimum absolute atomic E-state index is 0.219. The molecule has 0 unspecified atom stereocenters. The maximum atomic E-state index is 12.5. The van der Waals surface area contributed by atoms with Crippen LogP contribution in [-0.2, 0) is 28.7 Å². The summed E-state index contributed by atoms with van der Waals surface area (Å²) in [7, 11) is 0. The van der Waals surface area contributed by atoms with Crippen LogP contribution in [0.5, 0.6) is 11.5 Å². The first-order valence-electron chi connectivity index (χ1n) is 12.6. The number of amides is 1. The zero-order chi connectivity index (χ0) is 28.1. The normalized spacial score (nSPS) is 12.1. The lowest BCUT2D eigenvalue weighted by Gasteiger charge is -2.28. The number of aromatic hydroxyl groups is 1. The highest BCUT2D eigenvalue weighted by Gasteiger charge is 2.26. The van der Waals surface area contributed by atoms with E-state index in [4.69, 9.17) is 27.9 Å². The third-order valence-corrected chi connectivity index (χ3v) is 6.64. The molecule has 0 atom stereocenters. The first-order chi connectivity index (χ1) is 17.8. The van der Waals surface area contributed by atoms with Crippen LogP contribution >= 0.6 is 23.2 Å². The Morgan fingerprint density at radius 1 is 0.921 bits per heavy atom. The molecular formula is C31H36Cl2N2O3. The molecule has 0 saturated heterocycles. The van der Waals surface area contributed by atoms with Gasteiger partial charge in [0.2, 0.25) is 5.91 Å². The van der Waals surface area contributed by atoms with Gasteiger partial charge >= 0.3 is 0 Å². The number of hydrogen-bond donors (Lipinski definition) is 2. The Bertz CT molecular complexity index is 1250. The van der Waals surface area contributed by atoms with E-state index in [1.54, 1.807) is 12.1 Å². The van der Waals surface area contributed by atoms with Gasteiger partial charge in [0, 0.05) is 6.42 Å². The van der Waals surface area contributed by atoms with E-state index in [1.807, 2.05) is 42.5 Å². The van der Waals surface area contributed by atoms with Crippen molar-refractivity contribution >= 4 is 35.3 Å². The topological polar surface area (TPSA) is 70.9 Å². The second-order valence-electron chi connectivity index (χ2n) is 11.4. The minimum atomic E-state index is -0.225. The van der Waals surface area contributed by atoms with Crippen molar-refractivity contribution in [2.24, 2.45) is 5.10 Å². The lowest BCUT2D eigenvalue weighted by molar-refractivity contribution is -0.121. The van der Waals surface area contributed by atoms with Crippen LogP contribution in [0.25, 0.3) is 0 Å². The first kappa shape index (κ1) is 29.5. The number of nitrogens with zero attached hydrogens (tertiary/aromatic N) is 1. The molecule has 0 aliphatic rings. The summed E-state index contributed by atoms with van der Waals surface area (Å²) in [5.74, 6) is 0.511.